The second kappa shape index (κ2) is 3.31. The largest absolute Gasteiger partial charge is 0.382 e. The fourth-order valence-electron chi connectivity index (χ4n) is 0.763. The maximum Gasteiger partial charge on any atom is 0.137 e. The molecule has 1 rings (SSSR count). The monoisotopic (exact) mass is 141 g/mol. The minimum absolute atomic E-state index is 0.271. The molecule has 1 heterocycles. The van der Waals surface area contributed by atoms with Gasteiger partial charge in [-0.05, 0) is 6.92 Å². The molecule has 1 aromatic rings. The van der Waals surface area contributed by atoms with E-state index in [9.17, 15) is 0 Å². The number of nitrogens with zero attached hydrogens (tertiary/aromatic N) is 3. The van der Waals surface area contributed by atoms with Crippen LogP contribution in [0.5, 0.6) is 0 Å². The molecule has 0 aliphatic heterocycles. The molecule has 0 saturated carbocycles. The average molecular weight is 141 g/mol. The average Bonchev–Trinajstić information content (AvgIpc) is 2.38. The Morgan fingerprint density at radius 2 is 2.50 bits per heavy atom. The van der Waals surface area contributed by atoms with E-state index in [1.54, 1.807) is 18.1 Å². The van der Waals surface area contributed by atoms with Gasteiger partial charge in [-0.25, -0.2) is 9.67 Å². The highest BCUT2D eigenvalue weighted by atomic mass is 16.5. The number of hydrogen-bond donors (Lipinski definition) is 0. The molecule has 0 aromatic carbocycles. The Morgan fingerprint density at radius 3 is 3.00 bits per heavy atom. The topological polar surface area (TPSA) is 39.9 Å². The number of ether oxygens (including phenoxy) is 1. The fraction of sp³-hybridized carbons (Fsp3) is 0.667. The van der Waals surface area contributed by atoms with Crippen LogP contribution in [0.1, 0.15) is 13.0 Å². The molecule has 4 heteroatoms. The lowest BCUT2D eigenvalue weighted by Gasteiger charge is -2.08. The highest BCUT2D eigenvalue weighted by Gasteiger charge is 2.01. The molecule has 1 aromatic heterocycles. The van der Waals surface area contributed by atoms with Crippen molar-refractivity contribution in [2.24, 2.45) is 0 Å². The van der Waals surface area contributed by atoms with E-state index in [2.05, 4.69) is 10.1 Å². The van der Waals surface area contributed by atoms with Gasteiger partial charge in [0.05, 0.1) is 12.6 Å². The number of hydrogen-bond acceptors (Lipinski definition) is 3. The van der Waals surface area contributed by atoms with Gasteiger partial charge in [-0.2, -0.15) is 5.10 Å². The van der Waals surface area contributed by atoms with Gasteiger partial charge in [-0.1, -0.05) is 0 Å². The molecule has 0 bridgehead atoms. The first-order chi connectivity index (χ1) is 4.84. The number of methoxy groups -OCH3 is 1. The predicted octanol–water partition coefficient (Wildman–Crippen LogP) is 0.486. The molecule has 10 heavy (non-hydrogen) atoms. The summed E-state index contributed by atoms with van der Waals surface area (Å²) in [5.41, 5.74) is 0. The van der Waals surface area contributed by atoms with Crippen LogP contribution in [0.4, 0.5) is 0 Å². The van der Waals surface area contributed by atoms with Gasteiger partial charge in [-0.15, -0.1) is 0 Å². The van der Waals surface area contributed by atoms with Crippen molar-refractivity contribution < 1.29 is 4.74 Å². The van der Waals surface area contributed by atoms with Crippen LogP contribution >= 0.6 is 0 Å². The van der Waals surface area contributed by atoms with Gasteiger partial charge in [-0.3, -0.25) is 0 Å². The fourth-order valence-corrected chi connectivity index (χ4v) is 0.763. The maximum absolute atomic E-state index is 4.94. The molecule has 0 radical (unpaired) electrons. The maximum atomic E-state index is 4.94. The summed E-state index contributed by atoms with van der Waals surface area (Å²) in [5, 5.41) is 3.96. The van der Waals surface area contributed by atoms with E-state index in [0.29, 0.717) is 6.61 Å². The molecular formula is C6H11N3O. The molecular weight excluding hydrogens is 130 g/mol. The summed E-state index contributed by atoms with van der Waals surface area (Å²) >= 11 is 0. The molecule has 0 amide bonds. The van der Waals surface area contributed by atoms with Crippen LogP contribution in [0.2, 0.25) is 0 Å². The Morgan fingerprint density at radius 1 is 1.70 bits per heavy atom. The van der Waals surface area contributed by atoms with Crippen molar-refractivity contribution in [2.75, 3.05) is 13.7 Å². The molecule has 1 atom stereocenters. The normalized spacial score (nSPS) is 13.4. The van der Waals surface area contributed by atoms with Gasteiger partial charge >= 0.3 is 0 Å². The number of rotatable bonds is 3. The zero-order valence-corrected chi connectivity index (χ0v) is 6.19. The third-order valence-corrected chi connectivity index (χ3v) is 1.30. The minimum Gasteiger partial charge on any atom is -0.382 e. The molecule has 0 aliphatic carbocycles. The molecule has 0 saturated heterocycles. The van der Waals surface area contributed by atoms with Gasteiger partial charge < -0.3 is 4.74 Å². The highest BCUT2D eigenvalue weighted by molar-refractivity contribution is 4.63. The van der Waals surface area contributed by atoms with Crippen molar-refractivity contribution in [1.82, 2.24) is 14.8 Å². The van der Waals surface area contributed by atoms with Crippen molar-refractivity contribution in [1.29, 1.82) is 0 Å². The predicted molar refractivity (Wildman–Crippen MR) is 36.6 cm³/mol. The van der Waals surface area contributed by atoms with Gasteiger partial charge in [0.15, 0.2) is 0 Å². The van der Waals surface area contributed by atoms with Gasteiger partial charge in [0.25, 0.3) is 0 Å². The SMILES string of the molecule is COCC(C)n1cncn1. The Labute approximate surface area is 59.8 Å². The van der Waals surface area contributed by atoms with E-state index >= 15 is 0 Å². The Balaban J connectivity index is 2.50. The minimum atomic E-state index is 0.271. The molecule has 1 unspecified atom stereocenters. The Kier molecular flexibility index (Phi) is 2.39. The summed E-state index contributed by atoms with van der Waals surface area (Å²) in [6, 6.07) is 0.271. The van der Waals surface area contributed by atoms with Crippen LogP contribution in [0.3, 0.4) is 0 Å². The van der Waals surface area contributed by atoms with E-state index in [1.807, 2.05) is 6.92 Å². The molecule has 56 valence electrons. The van der Waals surface area contributed by atoms with E-state index in [4.69, 9.17) is 4.74 Å². The van der Waals surface area contributed by atoms with Crippen LogP contribution in [-0.2, 0) is 4.74 Å². The van der Waals surface area contributed by atoms with Gasteiger partial charge in [0.2, 0.25) is 0 Å². The van der Waals surface area contributed by atoms with E-state index in [0.717, 1.165) is 0 Å². The van der Waals surface area contributed by atoms with Crippen molar-refractivity contribution in [3.05, 3.63) is 12.7 Å². The van der Waals surface area contributed by atoms with Crippen molar-refractivity contribution in [3.63, 3.8) is 0 Å². The summed E-state index contributed by atoms with van der Waals surface area (Å²) < 4.78 is 6.71. The molecule has 0 spiro atoms. The molecule has 0 aliphatic rings. The number of aromatic nitrogens is 3. The first-order valence-electron chi connectivity index (χ1n) is 3.17. The van der Waals surface area contributed by atoms with Crippen LogP contribution in [0.15, 0.2) is 12.7 Å². The smallest absolute Gasteiger partial charge is 0.137 e. The van der Waals surface area contributed by atoms with Crippen LogP contribution in [-0.4, -0.2) is 28.5 Å². The van der Waals surface area contributed by atoms with Crippen LogP contribution in [0.25, 0.3) is 0 Å². The Bertz CT molecular complexity index is 173. The summed E-state index contributed by atoms with van der Waals surface area (Å²) in [5.74, 6) is 0. The second-order valence-electron chi connectivity index (χ2n) is 2.18. The van der Waals surface area contributed by atoms with E-state index in [1.165, 1.54) is 6.33 Å². The molecule has 0 fully saturated rings. The van der Waals surface area contributed by atoms with Crippen LogP contribution in [0, 0.1) is 0 Å². The third-order valence-electron chi connectivity index (χ3n) is 1.30. The van der Waals surface area contributed by atoms with Gasteiger partial charge in [0, 0.05) is 7.11 Å². The first kappa shape index (κ1) is 7.21. The lowest BCUT2D eigenvalue weighted by molar-refractivity contribution is 0.157. The molecule has 0 N–H and O–H groups in total. The van der Waals surface area contributed by atoms with E-state index in [-0.39, 0.29) is 6.04 Å². The lowest BCUT2D eigenvalue weighted by Crippen LogP contribution is -2.11. The summed E-state index contributed by atoms with van der Waals surface area (Å²) in [6.07, 6.45) is 3.20. The Hall–Kier alpha value is -0.900. The van der Waals surface area contributed by atoms with Crippen molar-refractivity contribution in [3.8, 4) is 0 Å². The summed E-state index contributed by atoms with van der Waals surface area (Å²) in [6.45, 7) is 2.70. The highest BCUT2D eigenvalue weighted by Crippen LogP contribution is 2.00. The standard InChI is InChI=1S/C6H11N3O/c1-6(3-10-2)9-5-7-4-8-9/h4-6H,3H2,1-2H3. The third kappa shape index (κ3) is 1.54. The van der Waals surface area contributed by atoms with Crippen LogP contribution < -0.4 is 0 Å². The van der Waals surface area contributed by atoms with E-state index < -0.39 is 0 Å². The lowest BCUT2D eigenvalue weighted by atomic mass is 10.4. The zero-order chi connectivity index (χ0) is 7.40. The van der Waals surface area contributed by atoms with Gasteiger partial charge in [0.1, 0.15) is 12.7 Å². The van der Waals surface area contributed by atoms with Crippen molar-refractivity contribution in [2.45, 2.75) is 13.0 Å². The van der Waals surface area contributed by atoms with Crippen molar-refractivity contribution >= 4 is 0 Å². The zero-order valence-electron chi connectivity index (χ0n) is 6.19. The first-order valence-corrected chi connectivity index (χ1v) is 3.17. The summed E-state index contributed by atoms with van der Waals surface area (Å²) in [4.78, 5) is 3.82. The quantitative estimate of drug-likeness (QED) is 0.614. The molecule has 4 nitrogen and oxygen atoms in total. The second-order valence-corrected chi connectivity index (χ2v) is 2.18. The summed E-state index contributed by atoms with van der Waals surface area (Å²) in [7, 11) is 1.67.